The summed E-state index contributed by atoms with van der Waals surface area (Å²) in [7, 11) is 4.00. The molecule has 1 amide bonds. The number of ketones is 1. The molecule has 1 saturated heterocycles. The van der Waals surface area contributed by atoms with Gasteiger partial charge in [0.1, 0.15) is 11.6 Å². The molecule has 2 heterocycles. The van der Waals surface area contributed by atoms with E-state index in [9.17, 15) is 18.4 Å². The van der Waals surface area contributed by atoms with E-state index in [1.165, 1.54) is 24.3 Å². The summed E-state index contributed by atoms with van der Waals surface area (Å²) in [5.41, 5.74) is 7.02. The maximum Gasteiger partial charge on any atom is 0.242 e. The Kier molecular flexibility index (Phi) is 9.42. The number of amides is 1. The molecule has 0 spiro atoms. The zero-order valence-corrected chi connectivity index (χ0v) is 29.7. The van der Waals surface area contributed by atoms with E-state index in [-0.39, 0.29) is 41.3 Å². The average molecular weight is 690 g/mol. The van der Waals surface area contributed by atoms with E-state index in [0.717, 1.165) is 51.4 Å². The molecule has 0 aromatic heterocycles. The van der Waals surface area contributed by atoms with Gasteiger partial charge in [-0.2, -0.15) is 0 Å². The van der Waals surface area contributed by atoms with Crippen LogP contribution in [0.2, 0.25) is 0 Å². The van der Waals surface area contributed by atoms with Crippen LogP contribution in [0.25, 0.3) is 0 Å². The summed E-state index contributed by atoms with van der Waals surface area (Å²) < 4.78 is 27.8. The summed E-state index contributed by atoms with van der Waals surface area (Å²) in [5.74, 6) is -0.550. The number of anilines is 3. The van der Waals surface area contributed by atoms with Crippen LogP contribution in [-0.2, 0) is 9.59 Å². The number of carbonyl (C=O) groups is 2. The Bertz CT molecular complexity index is 1890. The maximum atomic E-state index is 14.4. The first kappa shape index (κ1) is 34.4. The molecule has 9 heteroatoms. The largest absolute Gasteiger partial charge is 0.378 e. The fourth-order valence-electron chi connectivity index (χ4n) is 7.91. The molecule has 7 nitrogen and oxygen atoms in total. The standard InChI is InChI=1S/C42H45F2N5O2/c1-42(2)25-35-39(37(50)26-42)41(30-13-19-33(20-14-30)46(3)4)49(36-8-6-5-7-34(36)45-35)27-38(51)47-21-23-48(24-22-47)40(28-9-15-31(43)16-10-28)29-11-17-32(44)18-12-29/h5-20,40-41,45H,21-27H2,1-4H3. The first-order valence-electron chi connectivity index (χ1n) is 17.7. The van der Waals surface area contributed by atoms with Gasteiger partial charge in [-0.15, -0.1) is 0 Å². The van der Waals surface area contributed by atoms with Gasteiger partial charge < -0.3 is 20.0 Å². The van der Waals surface area contributed by atoms with E-state index in [1.807, 2.05) is 48.2 Å². The van der Waals surface area contributed by atoms with Gasteiger partial charge in [0.05, 0.1) is 30.0 Å². The lowest BCUT2D eigenvalue weighted by atomic mass is 9.73. The van der Waals surface area contributed by atoms with Crippen molar-refractivity contribution in [3.8, 4) is 0 Å². The molecule has 3 aliphatic rings. The fourth-order valence-corrected chi connectivity index (χ4v) is 7.91. The lowest BCUT2D eigenvalue weighted by Gasteiger charge is -2.41. The van der Waals surface area contributed by atoms with Crippen LogP contribution in [0.15, 0.2) is 108 Å². The second-order valence-corrected chi connectivity index (χ2v) is 14.9. The normalized spacial score (nSPS) is 19.0. The van der Waals surface area contributed by atoms with Crippen LogP contribution in [0.3, 0.4) is 0 Å². The second-order valence-electron chi connectivity index (χ2n) is 14.9. The van der Waals surface area contributed by atoms with E-state index in [1.54, 1.807) is 24.3 Å². The molecule has 4 aromatic carbocycles. The minimum atomic E-state index is -0.456. The van der Waals surface area contributed by atoms with Crippen molar-refractivity contribution in [2.24, 2.45) is 5.41 Å². The van der Waals surface area contributed by atoms with E-state index in [4.69, 9.17) is 0 Å². The van der Waals surface area contributed by atoms with Gasteiger partial charge in [-0.1, -0.05) is 62.4 Å². The van der Waals surface area contributed by atoms with Crippen LogP contribution in [0, 0.1) is 17.0 Å². The van der Waals surface area contributed by atoms with Crippen molar-refractivity contribution in [3.05, 3.63) is 137 Å². The van der Waals surface area contributed by atoms with Gasteiger partial charge in [0.25, 0.3) is 0 Å². The highest BCUT2D eigenvalue weighted by atomic mass is 19.1. The summed E-state index contributed by atoms with van der Waals surface area (Å²) in [4.78, 5) is 36.9. The summed E-state index contributed by atoms with van der Waals surface area (Å²) in [6.07, 6.45) is 1.16. The van der Waals surface area contributed by atoms with Crippen molar-refractivity contribution in [1.82, 2.24) is 9.80 Å². The van der Waals surface area contributed by atoms with Gasteiger partial charge in [0.2, 0.25) is 5.91 Å². The molecule has 1 atom stereocenters. The topological polar surface area (TPSA) is 59.1 Å². The highest BCUT2D eigenvalue weighted by Crippen LogP contribution is 2.48. The molecule has 51 heavy (non-hydrogen) atoms. The molecule has 7 rings (SSSR count). The third-order valence-corrected chi connectivity index (χ3v) is 10.4. The number of allylic oxidation sites excluding steroid dienone is 1. The Balaban J connectivity index is 1.19. The number of fused-ring (bicyclic) bond motifs is 1. The number of benzene rings is 4. The molecule has 0 saturated carbocycles. The van der Waals surface area contributed by atoms with Gasteiger partial charge in [-0.3, -0.25) is 14.5 Å². The molecule has 1 N–H and O–H groups in total. The molecule has 1 unspecified atom stereocenters. The molecule has 264 valence electrons. The first-order chi connectivity index (χ1) is 24.5. The van der Waals surface area contributed by atoms with Crippen LogP contribution in [0.5, 0.6) is 0 Å². The Morgan fingerprint density at radius 1 is 0.824 bits per heavy atom. The molecule has 2 aliphatic heterocycles. The van der Waals surface area contributed by atoms with Gasteiger partial charge in [-0.05, 0) is 77.1 Å². The number of rotatable bonds is 7. The fraction of sp³-hybridized carbons (Fsp3) is 0.333. The van der Waals surface area contributed by atoms with Crippen molar-refractivity contribution in [2.45, 2.75) is 38.8 Å². The van der Waals surface area contributed by atoms with Crippen molar-refractivity contribution >= 4 is 28.8 Å². The van der Waals surface area contributed by atoms with Crippen LogP contribution in [0.1, 0.15) is 55.5 Å². The van der Waals surface area contributed by atoms with Crippen molar-refractivity contribution in [3.63, 3.8) is 0 Å². The number of piperazine rings is 1. The third-order valence-electron chi connectivity index (χ3n) is 10.4. The predicted molar refractivity (Wildman–Crippen MR) is 199 cm³/mol. The Morgan fingerprint density at radius 2 is 1.41 bits per heavy atom. The number of nitrogens with zero attached hydrogens (tertiary/aromatic N) is 4. The lowest BCUT2D eigenvalue weighted by Crippen LogP contribution is -2.52. The van der Waals surface area contributed by atoms with Crippen LogP contribution in [0.4, 0.5) is 25.8 Å². The molecule has 0 bridgehead atoms. The number of hydrogen-bond acceptors (Lipinski definition) is 6. The highest BCUT2D eigenvalue weighted by molar-refractivity contribution is 6.02. The molecule has 1 fully saturated rings. The Hall–Kier alpha value is -5.02. The van der Waals surface area contributed by atoms with Crippen LogP contribution in [-0.4, -0.2) is 68.3 Å². The van der Waals surface area contributed by atoms with Crippen molar-refractivity contribution in [1.29, 1.82) is 0 Å². The first-order valence-corrected chi connectivity index (χ1v) is 17.7. The SMILES string of the molecule is CN(C)c1ccc(C2C3=C(CC(C)(C)CC3=O)Nc3ccccc3N2CC(=O)N2CCN(C(c3ccc(F)cc3)c3ccc(F)cc3)CC2)cc1. The Labute approximate surface area is 299 Å². The lowest BCUT2D eigenvalue weighted by molar-refractivity contribution is -0.131. The minimum Gasteiger partial charge on any atom is -0.378 e. The number of nitrogens with one attached hydrogen (secondary N) is 1. The molecule has 0 radical (unpaired) electrons. The maximum absolute atomic E-state index is 14.4. The number of para-hydroxylation sites is 2. The zero-order chi connectivity index (χ0) is 35.9. The monoisotopic (exact) mass is 689 g/mol. The third kappa shape index (κ3) is 7.13. The van der Waals surface area contributed by atoms with Gasteiger partial charge >= 0.3 is 0 Å². The average Bonchev–Trinajstić information content (AvgIpc) is 3.24. The predicted octanol–water partition coefficient (Wildman–Crippen LogP) is 7.58. The van der Waals surface area contributed by atoms with Gasteiger partial charge in [0, 0.05) is 63.7 Å². The smallest absolute Gasteiger partial charge is 0.242 e. The molecular weight excluding hydrogens is 644 g/mol. The van der Waals surface area contributed by atoms with E-state index >= 15 is 0 Å². The number of carbonyl (C=O) groups excluding carboxylic acids is 2. The number of halogens is 2. The van der Waals surface area contributed by atoms with Gasteiger partial charge in [-0.25, -0.2) is 8.78 Å². The summed E-state index contributed by atoms with van der Waals surface area (Å²) in [6.45, 7) is 6.51. The van der Waals surface area contributed by atoms with Crippen molar-refractivity contribution < 1.29 is 18.4 Å². The number of hydrogen-bond donors (Lipinski definition) is 1. The van der Waals surface area contributed by atoms with E-state index < -0.39 is 6.04 Å². The van der Waals surface area contributed by atoms with Gasteiger partial charge in [0.15, 0.2) is 5.78 Å². The Morgan fingerprint density at radius 3 is 2.00 bits per heavy atom. The van der Waals surface area contributed by atoms with Crippen LogP contribution < -0.4 is 15.1 Å². The van der Waals surface area contributed by atoms with E-state index in [2.05, 4.69) is 53.2 Å². The molecule has 1 aliphatic carbocycles. The zero-order valence-electron chi connectivity index (χ0n) is 29.7. The summed E-state index contributed by atoms with van der Waals surface area (Å²) in [5, 5.41) is 3.65. The molecular formula is C42H45F2N5O2. The summed E-state index contributed by atoms with van der Waals surface area (Å²) >= 11 is 0. The number of Topliss-reactive ketones (excluding diaryl/α,β-unsaturated/α-hetero) is 1. The summed E-state index contributed by atoms with van der Waals surface area (Å²) in [6, 6.07) is 28.5. The quantitative estimate of drug-likeness (QED) is 0.216. The second kappa shape index (κ2) is 13.9. The van der Waals surface area contributed by atoms with Crippen LogP contribution >= 0.6 is 0 Å². The van der Waals surface area contributed by atoms with E-state index in [0.29, 0.717) is 32.6 Å². The molecule has 4 aromatic rings. The van der Waals surface area contributed by atoms with Crippen molar-refractivity contribution in [2.75, 3.05) is 61.9 Å². The highest BCUT2D eigenvalue weighted by Gasteiger charge is 2.42. The minimum absolute atomic E-state index is 0.0212.